The molecule has 0 amide bonds. The lowest BCUT2D eigenvalue weighted by Crippen LogP contribution is -2.11. The zero-order valence-corrected chi connectivity index (χ0v) is 9.49. The summed E-state index contributed by atoms with van der Waals surface area (Å²) >= 11 is 0. The van der Waals surface area contributed by atoms with Gasteiger partial charge in [-0.05, 0) is 50.0 Å². The molecule has 0 aliphatic carbocycles. The smallest absolute Gasteiger partial charge is 0.124 e. The fourth-order valence-electron chi connectivity index (χ4n) is 2.41. The average Bonchev–Trinajstić information content (AvgIpc) is 2.83. The quantitative estimate of drug-likeness (QED) is 0.858. The van der Waals surface area contributed by atoms with E-state index in [1.165, 1.54) is 18.6 Å². The third kappa shape index (κ3) is 2.13. The fraction of sp³-hybridized carbons (Fsp3) is 0.385. The highest BCUT2D eigenvalue weighted by molar-refractivity contribution is 5.80. The maximum absolute atomic E-state index is 13.3. The van der Waals surface area contributed by atoms with Crippen molar-refractivity contribution in [3.8, 4) is 0 Å². The van der Waals surface area contributed by atoms with Gasteiger partial charge in [0.25, 0.3) is 0 Å². The Labute approximate surface area is 99.1 Å². The zero-order valence-electron chi connectivity index (χ0n) is 9.49. The van der Waals surface area contributed by atoms with Crippen molar-refractivity contribution in [3.63, 3.8) is 0 Å². The van der Waals surface area contributed by atoms with Gasteiger partial charge in [0.2, 0.25) is 0 Å². The summed E-state index contributed by atoms with van der Waals surface area (Å²) in [7, 11) is 0. The molecule has 3 nitrogen and oxygen atoms in total. The molecular weight excluding hydrogens is 217 g/mol. The van der Waals surface area contributed by atoms with E-state index in [0.29, 0.717) is 5.92 Å². The van der Waals surface area contributed by atoms with Crippen molar-refractivity contribution in [2.75, 3.05) is 13.1 Å². The predicted octanol–water partition coefficient (Wildman–Crippen LogP) is 1.92. The third-order valence-corrected chi connectivity index (χ3v) is 3.32. The van der Waals surface area contributed by atoms with Crippen molar-refractivity contribution in [3.05, 3.63) is 36.0 Å². The van der Waals surface area contributed by atoms with Gasteiger partial charge in [-0.1, -0.05) is 0 Å². The molecule has 1 aromatic heterocycles. The van der Waals surface area contributed by atoms with Gasteiger partial charge in [0, 0.05) is 5.39 Å². The number of aromatic nitrogens is 2. The van der Waals surface area contributed by atoms with Crippen LogP contribution in [0.25, 0.3) is 10.9 Å². The van der Waals surface area contributed by atoms with Crippen LogP contribution in [-0.4, -0.2) is 23.1 Å². The first-order valence-corrected chi connectivity index (χ1v) is 5.93. The van der Waals surface area contributed by atoms with E-state index in [4.69, 9.17) is 0 Å². The molecule has 2 aromatic rings. The standard InChI is InChI=1S/C13H14FN3/c14-10-1-2-12-11(6-10)13(17-8-16-12)5-9-3-4-15-7-9/h1-2,6,8-9,15H,3-5,7H2. The highest BCUT2D eigenvalue weighted by atomic mass is 19.1. The van der Waals surface area contributed by atoms with E-state index < -0.39 is 0 Å². The lowest BCUT2D eigenvalue weighted by Gasteiger charge is -2.09. The average molecular weight is 231 g/mol. The topological polar surface area (TPSA) is 37.8 Å². The van der Waals surface area contributed by atoms with Gasteiger partial charge < -0.3 is 5.32 Å². The van der Waals surface area contributed by atoms with Gasteiger partial charge in [0.15, 0.2) is 0 Å². The summed E-state index contributed by atoms with van der Waals surface area (Å²) in [4.78, 5) is 8.47. The Morgan fingerprint density at radius 3 is 3.12 bits per heavy atom. The Bertz CT molecular complexity index is 535. The lowest BCUT2D eigenvalue weighted by molar-refractivity contribution is 0.573. The minimum absolute atomic E-state index is 0.224. The molecule has 1 aliphatic heterocycles. The summed E-state index contributed by atoms with van der Waals surface area (Å²) in [6.07, 6.45) is 3.63. The SMILES string of the molecule is Fc1ccc2ncnc(CC3CCNC3)c2c1. The number of fused-ring (bicyclic) bond motifs is 1. The van der Waals surface area contributed by atoms with Crippen molar-refractivity contribution in [1.82, 2.24) is 15.3 Å². The predicted molar refractivity (Wildman–Crippen MR) is 64.2 cm³/mol. The van der Waals surface area contributed by atoms with E-state index in [0.717, 1.165) is 36.1 Å². The minimum Gasteiger partial charge on any atom is -0.316 e. The first kappa shape index (κ1) is 10.6. The molecule has 0 bridgehead atoms. The minimum atomic E-state index is -0.224. The van der Waals surface area contributed by atoms with Crippen molar-refractivity contribution in [2.45, 2.75) is 12.8 Å². The Balaban J connectivity index is 1.99. The van der Waals surface area contributed by atoms with E-state index >= 15 is 0 Å². The normalized spacial score (nSPS) is 19.9. The van der Waals surface area contributed by atoms with Gasteiger partial charge in [-0.25, -0.2) is 14.4 Å². The molecule has 0 spiro atoms. The molecule has 1 atom stereocenters. The second-order valence-corrected chi connectivity index (χ2v) is 4.54. The maximum atomic E-state index is 13.3. The van der Waals surface area contributed by atoms with Crippen LogP contribution in [0.5, 0.6) is 0 Å². The van der Waals surface area contributed by atoms with Crippen LogP contribution in [0.3, 0.4) is 0 Å². The molecule has 0 saturated carbocycles. The van der Waals surface area contributed by atoms with Crippen LogP contribution in [0.1, 0.15) is 12.1 Å². The molecule has 1 unspecified atom stereocenters. The van der Waals surface area contributed by atoms with Gasteiger partial charge in [-0.15, -0.1) is 0 Å². The molecule has 17 heavy (non-hydrogen) atoms. The Morgan fingerprint density at radius 1 is 1.35 bits per heavy atom. The maximum Gasteiger partial charge on any atom is 0.124 e. The van der Waals surface area contributed by atoms with Crippen molar-refractivity contribution in [1.29, 1.82) is 0 Å². The molecule has 4 heteroatoms. The van der Waals surface area contributed by atoms with Crippen LogP contribution < -0.4 is 5.32 Å². The molecule has 1 aromatic carbocycles. The first-order chi connectivity index (χ1) is 8.33. The fourth-order valence-corrected chi connectivity index (χ4v) is 2.41. The highest BCUT2D eigenvalue weighted by Gasteiger charge is 2.17. The van der Waals surface area contributed by atoms with Gasteiger partial charge in [-0.2, -0.15) is 0 Å². The summed E-state index contributed by atoms with van der Waals surface area (Å²) in [5.74, 6) is 0.384. The van der Waals surface area contributed by atoms with Crippen LogP contribution in [-0.2, 0) is 6.42 Å². The Hall–Kier alpha value is -1.55. The van der Waals surface area contributed by atoms with Gasteiger partial charge >= 0.3 is 0 Å². The molecule has 3 rings (SSSR count). The van der Waals surface area contributed by atoms with Crippen molar-refractivity contribution >= 4 is 10.9 Å². The van der Waals surface area contributed by atoms with E-state index in [1.54, 1.807) is 12.4 Å². The number of nitrogens with zero attached hydrogens (tertiary/aromatic N) is 2. The summed E-state index contributed by atoms with van der Waals surface area (Å²) in [6, 6.07) is 4.69. The largest absolute Gasteiger partial charge is 0.316 e. The van der Waals surface area contributed by atoms with Gasteiger partial charge in [0.05, 0.1) is 11.2 Å². The van der Waals surface area contributed by atoms with Crippen LogP contribution >= 0.6 is 0 Å². The number of rotatable bonds is 2. The van der Waals surface area contributed by atoms with Crippen LogP contribution in [0.15, 0.2) is 24.5 Å². The van der Waals surface area contributed by atoms with Gasteiger partial charge in [0.1, 0.15) is 12.1 Å². The van der Waals surface area contributed by atoms with E-state index in [2.05, 4.69) is 15.3 Å². The number of halogens is 1. The van der Waals surface area contributed by atoms with Crippen LogP contribution in [0, 0.1) is 11.7 Å². The molecule has 1 aliphatic rings. The summed E-state index contributed by atoms with van der Waals surface area (Å²) in [6.45, 7) is 2.10. The van der Waals surface area contributed by atoms with Crippen LogP contribution in [0.4, 0.5) is 4.39 Å². The second kappa shape index (κ2) is 4.37. The first-order valence-electron chi connectivity index (χ1n) is 5.93. The second-order valence-electron chi connectivity index (χ2n) is 4.54. The summed E-state index contributed by atoms with van der Waals surface area (Å²) in [5.41, 5.74) is 1.78. The summed E-state index contributed by atoms with van der Waals surface area (Å²) < 4.78 is 13.3. The van der Waals surface area contributed by atoms with Gasteiger partial charge in [-0.3, -0.25) is 0 Å². The van der Waals surface area contributed by atoms with E-state index in [9.17, 15) is 4.39 Å². The molecular formula is C13H14FN3. The number of hydrogen-bond acceptors (Lipinski definition) is 3. The number of benzene rings is 1. The third-order valence-electron chi connectivity index (χ3n) is 3.32. The number of hydrogen-bond donors (Lipinski definition) is 1. The molecule has 1 fully saturated rings. The van der Waals surface area contributed by atoms with E-state index in [-0.39, 0.29) is 5.82 Å². The van der Waals surface area contributed by atoms with E-state index in [1.807, 2.05) is 0 Å². The molecule has 88 valence electrons. The zero-order chi connectivity index (χ0) is 11.7. The Morgan fingerprint density at radius 2 is 2.29 bits per heavy atom. The molecule has 1 saturated heterocycles. The Kier molecular flexibility index (Phi) is 2.73. The van der Waals surface area contributed by atoms with Crippen molar-refractivity contribution in [2.24, 2.45) is 5.92 Å². The monoisotopic (exact) mass is 231 g/mol. The number of nitrogens with one attached hydrogen (secondary N) is 1. The van der Waals surface area contributed by atoms with Crippen molar-refractivity contribution < 1.29 is 4.39 Å². The highest BCUT2D eigenvalue weighted by Crippen LogP contribution is 2.21. The molecule has 0 radical (unpaired) electrons. The lowest BCUT2D eigenvalue weighted by atomic mass is 10.00. The molecule has 2 heterocycles. The summed E-state index contributed by atoms with van der Waals surface area (Å²) in [5, 5.41) is 4.18. The van der Waals surface area contributed by atoms with Crippen LogP contribution in [0.2, 0.25) is 0 Å². The molecule has 1 N–H and O–H groups in total.